The van der Waals surface area contributed by atoms with Gasteiger partial charge in [-0.1, -0.05) is 136 Å². The van der Waals surface area contributed by atoms with Crippen molar-refractivity contribution >= 4 is 41.5 Å². The molecule has 1 saturated heterocycles. The monoisotopic (exact) mass is 918 g/mol. The van der Waals surface area contributed by atoms with E-state index in [1.165, 1.54) is 0 Å². The SMILES string of the molecule is CC(C)(C)OC(=O)NCCN1C[C@@H](SC(c2ccccc2)(c2ccccc2)c2ccccc2)C[C@H]1CN[C@H](C(=O)N1Cc2ccccc2C[C@H]1C(=O)N[C@@H](CCC(N)=O)C(=O)O)C(C)(C)C. The van der Waals surface area contributed by atoms with Crippen molar-refractivity contribution in [3.05, 3.63) is 143 Å². The molecule has 0 spiro atoms. The van der Waals surface area contributed by atoms with Crippen LogP contribution in [-0.4, -0.2) is 106 Å². The predicted octanol–water partition coefficient (Wildman–Crippen LogP) is 6.47. The number of aliphatic carboxylic acids is 1. The zero-order valence-electron chi connectivity index (χ0n) is 39.0. The summed E-state index contributed by atoms with van der Waals surface area (Å²) in [6.07, 6.45) is 0.0878. The van der Waals surface area contributed by atoms with Gasteiger partial charge >= 0.3 is 12.1 Å². The minimum Gasteiger partial charge on any atom is -0.480 e. The number of alkyl carbamates (subject to hydrolysis) is 1. The van der Waals surface area contributed by atoms with Gasteiger partial charge in [-0.2, -0.15) is 0 Å². The molecule has 4 aromatic carbocycles. The molecule has 66 heavy (non-hydrogen) atoms. The Morgan fingerprint density at radius 1 is 0.803 bits per heavy atom. The average Bonchev–Trinajstić information content (AvgIpc) is 3.66. The molecular formula is C52H66N6O7S. The smallest absolute Gasteiger partial charge is 0.407 e. The van der Waals surface area contributed by atoms with Crippen LogP contribution >= 0.6 is 11.8 Å². The van der Waals surface area contributed by atoms with E-state index in [4.69, 9.17) is 10.5 Å². The highest BCUT2D eigenvalue weighted by molar-refractivity contribution is 8.01. The molecule has 0 aromatic heterocycles. The number of hydrogen-bond donors (Lipinski definition) is 5. The molecule has 0 saturated carbocycles. The van der Waals surface area contributed by atoms with Crippen LogP contribution in [-0.2, 0) is 41.6 Å². The maximum absolute atomic E-state index is 15.1. The van der Waals surface area contributed by atoms with Crippen molar-refractivity contribution in [3.8, 4) is 0 Å². The first-order valence-corrected chi connectivity index (χ1v) is 23.7. The van der Waals surface area contributed by atoms with Gasteiger partial charge in [0.2, 0.25) is 17.7 Å². The summed E-state index contributed by atoms with van der Waals surface area (Å²) < 4.78 is 5.01. The highest BCUT2D eigenvalue weighted by Gasteiger charge is 2.45. The zero-order chi connectivity index (χ0) is 47.6. The lowest BCUT2D eigenvalue weighted by Crippen LogP contribution is -2.61. The van der Waals surface area contributed by atoms with Crippen LogP contribution in [0.4, 0.5) is 4.79 Å². The van der Waals surface area contributed by atoms with Crippen LogP contribution in [0.1, 0.15) is 88.6 Å². The molecule has 14 heteroatoms. The highest BCUT2D eigenvalue weighted by atomic mass is 32.2. The summed E-state index contributed by atoms with van der Waals surface area (Å²) in [6, 6.07) is 36.2. The number of nitrogens with one attached hydrogen (secondary N) is 3. The molecule has 2 heterocycles. The fourth-order valence-corrected chi connectivity index (χ4v) is 11.0. The third-order valence-electron chi connectivity index (χ3n) is 12.2. The molecule has 0 unspecified atom stereocenters. The van der Waals surface area contributed by atoms with E-state index in [2.05, 4.69) is 93.6 Å². The van der Waals surface area contributed by atoms with E-state index in [9.17, 15) is 24.3 Å². The molecular weight excluding hydrogens is 853 g/mol. The minimum atomic E-state index is -1.36. The lowest BCUT2D eigenvalue weighted by molar-refractivity contribution is -0.147. The number of carboxylic acids is 1. The number of fused-ring (bicyclic) bond motifs is 1. The van der Waals surface area contributed by atoms with Crippen LogP contribution in [0.3, 0.4) is 0 Å². The molecule has 13 nitrogen and oxygen atoms in total. The van der Waals surface area contributed by atoms with Crippen LogP contribution in [0.5, 0.6) is 0 Å². The Labute approximate surface area is 393 Å². The van der Waals surface area contributed by atoms with Crippen molar-refractivity contribution in [3.63, 3.8) is 0 Å². The van der Waals surface area contributed by atoms with Gasteiger partial charge < -0.3 is 36.4 Å². The minimum absolute atomic E-state index is 0.0524. The number of likely N-dealkylation sites (tertiary alicyclic amines) is 1. The summed E-state index contributed by atoms with van der Waals surface area (Å²) in [5.41, 5.74) is 9.35. The first-order valence-electron chi connectivity index (χ1n) is 22.8. The van der Waals surface area contributed by atoms with Crippen LogP contribution in [0.25, 0.3) is 0 Å². The Bertz CT molecular complexity index is 2190. The molecule has 0 aliphatic carbocycles. The Hall–Kier alpha value is -5.70. The summed E-state index contributed by atoms with van der Waals surface area (Å²) in [5.74, 6) is -2.86. The van der Waals surface area contributed by atoms with Gasteiger partial charge in [0.15, 0.2) is 0 Å². The number of nitrogens with two attached hydrogens (primary N) is 1. The summed E-state index contributed by atoms with van der Waals surface area (Å²) in [5, 5.41) is 19.3. The predicted molar refractivity (Wildman–Crippen MR) is 259 cm³/mol. The number of ether oxygens (including phenoxy) is 1. The summed E-state index contributed by atoms with van der Waals surface area (Å²) >= 11 is 1.92. The summed E-state index contributed by atoms with van der Waals surface area (Å²) in [4.78, 5) is 69.7. The van der Waals surface area contributed by atoms with Crippen LogP contribution in [0.15, 0.2) is 115 Å². The van der Waals surface area contributed by atoms with Gasteiger partial charge in [-0.25, -0.2) is 9.59 Å². The molecule has 0 bridgehead atoms. The van der Waals surface area contributed by atoms with Gasteiger partial charge in [0.25, 0.3) is 0 Å². The summed E-state index contributed by atoms with van der Waals surface area (Å²) in [6.45, 7) is 13.7. The molecule has 1 fully saturated rings. The molecule has 6 N–H and O–H groups in total. The lowest BCUT2D eigenvalue weighted by Gasteiger charge is -2.41. The van der Waals surface area contributed by atoms with Gasteiger partial charge in [0.05, 0.1) is 10.8 Å². The first-order chi connectivity index (χ1) is 31.4. The van der Waals surface area contributed by atoms with E-state index < -0.39 is 57.8 Å². The Balaban J connectivity index is 1.29. The number of primary amides is 1. The number of carbonyl (C=O) groups excluding carboxylic acids is 4. The van der Waals surface area contributed by atoms with Gasteiger partial charge in [0, 0.05) is 56.9 Å². The number of hydrogen-bond acceptors (Lipinski definition) is 9. The van der Waals surface area contributed by atoms with Crippen molar-refractivity contribution in [1.82, 2.24) is 25.8 Å². The zero-order valence-corrected chi connectivity index (χ0v) is 39.8. The third-order valence-corrected chi connectivity index (χ3v) is 14.0. The van der Waals surface area contributed by atoms with E-state index >= 15 is 4.79 Å². The molecule has 5 atom stereocenters. The van der Waals surface area contributed by atoms with E-state index in [1.807, 2.05) is 95.8 Å². The number of nitrogens with zero attached hydrogens (tertiary/aromatic N) is 2. The van der Waals surface area contributed by atoms with Crippen LogP contribution < -0.4 is 21.7 Å². The quantitative estimate of drug-likeness (QED) is 0.0694. The molecule has 0 radical (unpaired) electrons. The van der Waals surface area contributed by atoms with Crippen molar-refractivity contribution in [1.29, 1.82) is 0 Å². The van der Waals surface area contributed by atoms with Crippen molar-refractivity contribution in [2.75, 3.05) is 26.2 Å². The second kappa shape index (κ2) is 21.7. The summed E-state index contributed by atoms with van der Waals surface area (Å²) in [7, 11) is 0. The molecule has 352 valence electrons. The van der Waals surface area contributed by atoms with Crippen molar-refractivity contribution < 1.29 is 33.8 Å². The van der Waals surface area contributed by atoms with E-state index in [0.717, 1.165) is 34.2 Å². The number of rotatable bonds is 18. The maximum atomic E-state index is 15.1. The molecule has 2 aliphatic rings. The maximum Gasteiger partial charge on any atom is 0.407 e. The fraction of sp³-hybridized carbons (Fsp3) is 0.442. The number of benzene rings is 4. The lowest BCUT2D eigenvalue weighted by atomic mass is 9.84. The van der Waals surface area contributed by atoms with Crippen LogP contribution in [0.2, 0.25) is 0 Å². The van der Waals surface area contributed by atoms with Crippen LogP contribution in [0, 0.1) is 5.41 Å². The number of carboxylic acid groups (broad SMARTS) is 1. The highest BCUT2D eigenvalue weighted by Crippen LogP contribution is 2.52. The van der Waals surface area contributed by atoms with Crippen molar-refractivity contribution in [2.45, 2.75) is 114 Å². The second-order valence-corrected chi connectivity index (χ2v) is 20.9. The second-order valence-electron chi connectivity index (χ2n) is 19.4. The number of thioether (sulfide) groups is 1. The number of amides is 4. The molecule has 4 aromatic rings. The standard InChI is InChI=1S/C52H66N6O7S/c1-50(2,3)45(47(61)58-33-36-19-17-16-18-35(36)30-43(58)46(60)56-42(48(62)63)26-27-44(53)59)55-32-40-31-41(34-57(40)29-28-54-49(64)65-51(4,5)6)66-52(37-20-10-7-11-21-37,38-22-12-8-13-23-38)39-24-14-9-15-25-39/h7-25,40-43,45,55H,26-34H2,1-6H3,(H2,53,59)(H,54,64)(H,56,60)(H,62,63)/t40-,41-,42-,43-,45+/m0/s1. The van der Waals surface area contributed by atoms with Gasteiger partial charge in [-0.15, -0.1) is 11.8 Å². The number of carbonyl (C=O) groups is 5. The van der Waals surface area contributed by atoms with Crippen molar-refractivity contribution in [2.24, 2.45) is 11.1 Å². The molecule has 6 rings (SSSR count). The van der Waals surface area contributed by atoms with Gasteiger partial charge in [-0.3, -0.25) is 19.3 Å². The first kappa shape index (κ1) is 49.7. The Morgan fingerprint density at radius 2 is 1.35 bits per heavy atom. The topological polar surface area (TPSA) is 183 Å². The van der Waals surface area contributed by atoms with E-state index in [-0.39, 0.29) is 43.0 Å². The molecule has 2 aliphatic heterocycles. The largest absolute Gasteiger partial charge is 0.480 e. The van der Waals surface area contributed by atoms with Gasteiger partial charge in [-0.05, 0) is 66.8 Å². The fourth-order valence-electron chi connectivity index (χ4n) is 9.08. The van der Waals surface area contributed by atoms with E-state index in [1.54, 1.807) is 4.90 Å². The third kappa shape index (κ3) is 12.6. The van der Waals surface area contributed by atoms with E-state index in [0.29, 0.717) is 26.2 Å². The Morgan fingerprint density at radius 3 is 1.86 bits per heavy atom. The normalized spacial score (nSPS) is 18.7. The average molecular weight is 919 g/mol. The Kier molecular flexibility index (Phi) is 16.4. The van der Waals surface area contributed by atoms with Gasteiger partial charge in [0.1, 0.15) is 17.7 Å². The molecule has 4 amide bonds.